The summed E-state index contributed by atoms with van der Waals surface area (Å²) < 4.78 is 10.8. The fourth-order valence-corrected chi connectivity index (χ4v) is 2.62. The standard InChI is InChI=1S/C18H21N3O2/c1-22-14-8-6-13(7-9-14)12-20-18(19)21-16-10-11-23-17-5-3-2-4-15(16)17/h2-9,16H,10-12H2,1H3,(H3,19,20,21). The molecule has 2 aromatic carbocycles. The molecule has 1 unspecified atom stereocenters. The normalized spacial score (nSPS) is 17.1. The molecule has 0 bridgehead atoms. The molecule has 1 aliphatic rings. The Morgan fingerprint density at radius 1 is 1.26 bits per heavy atom. The number of methoxy groups -OCH3 is 1. The largest absolute Gasteiger partial charge is 0.497 e. The number of rotatable bonds is 4. The van der Waals surface area contributed by atoms with Crippen molar-refractivity contribution in [3.05, 3.63) is 59.7 Å². The van der Waals surface area contributed by atoms with E-state index in [1.165, 1.54) is 0 Å². The molecule has 3 N–H and O–H groups in total. The zero-order valence-electron chi connectivity index (χ0n) is 13.2. The number of nitrogens with zero attached hydrogens (tertiary/aromatic N) is 1. The van der Waals surface area contributed by atoms with Crippen molar-refractivity contribution in [2.24, 2.45) is 10.7 Å². The summed E-state index contributed by atoms with van der Waals surface area (Å²) >= 11 is 0. The highest BCUT2D eigenvalue weighted by Crippen LogP contribution is 2.31. The SMILES string of the molecule is COc1ccc(CN=C(N)NC2CCOc3ccccc32)cc1. The first-order valence-corrected chi connectivity index (χ1v) is 7.67. The predicted octanol–water partition coefficient (Wildman–Crippen LogP) is 2.62. The van der Waals surface area contributed by atoms with Gasteiger partial charge in [0.1, 0.15) is 11.5 Å². The van der Waals surface area contributed by atoms with Crippen LogP contribution in [0.1, 0.15) is 23.6 Å². The van der Waals surface area contributed by atoms with Crippen LogP contribution in [0.4, 0.5) is 0 Å². The van der Waals surface area contributed by atoms with E-state index >= 15 is 0 Å². The zero-order valence-corrected chi connectivity index (χ0v) is 13.2. The molecule has 0 spiro atoms. The molecule has 0 saturated heterocycles. The topological polar surface area (TPSA) is 68.9 Å². The van der Waals surface area contributed by atoms with Crippen molar-refractivity contribution in [3.8, 4) is 11.5 Å². The van der Waals surface area contributed by atoms with E-state index in [2.05, 4.69) is 16.4 Å². The zero-order chi connectivity index (χ0) is 16.1. The van der Waals surface area contributed by atoms with Crippen LogP contribution in [-0.4, -0.2) is 19.7 Å². The van der Waals surface area contributed by atoms with Crippen molar-refractivity contribution in [2.45, 2.75) is 19.0 Å². The molecule has 0 amide bonds. The molecule has 1 heterocycles. The van der Waals surface area contributed by atoms with Crippen LogP contribution in [0.3, 0.4) is 0 Å². The maximum Gasteiger partial charge on any atom is 0.189 e. The van der Waals surface area contributed by atoms with Crippen molar-refractivity contribution in [3.63, 3.8) is 0 Å². The highest BCUT2D eigenvalue weighted by atomic mass is 16.5. The van der Waals surface area contributed by atoms with Crippen molar-refractivity contribution in [2.75, 3.05) is 13.7 Å². The quantitative estimate of drug-likeness (QED) is 0.673. The lowest BCUT2D eigenvalue weighted by atomic mass is 10.0. The number of hydrogen-bond acceptors (Lipinski definition) is 3. The maximum atomic E-state index is 6.04. The summed E-state index contributed by atoms with van der Waals surface area (Å²) in [4.78, 5) is 4.42. The molecular formula is C18H21N3O2. The number of ether oxygens (including phenoxy) is 2. The van der Waals surface area contributed by atoms with E-state index in [-0.39, 0.29) is 6.04 Å². The van der Waals surface area contributed by atoms with Gasteiger partial charge in [-0.3, -0.25) is 0 Å². The first-order chi connectivity index (χ1) is 11.3. The first-order valence-electron chi connectivity index (χ1n) is 7.67. The van der Waals surface area contributed by atoms with Crippen LogP contribution in [0, 0.1) is 0 Å². The van der Waals surface area contributed by atoms with Gasteiger partial charge in [-0.15, -0.1) is 0 Å². The third kappa shape index (κ3) is 3.74. The van der Waals surface area contributed by atoms with Gasteiger partial charge in [0.05, 0.1) is 26.3 Å². The number of aliphatic imine (C=N–C) groups is 1. The molecule has 120 valence electrons. The highest BCUT2D eigenvalue weighted by molar-refractivity contribution is 5.78. The van der Waals surface area contributed by atoms with Crippen LogP contribution < -0.4 is 20.5 Å². The number of hydrogen-bond donors (Lipinski definition) is 2. The Balaban J connectivity index is 1.63. The second kappa shape index (κ2) is 7.05. The third-order valence-corrected chi connectivity index (χ3v) is 3.87. The monoisotopic (exact) mass is 311 g/mol. The molecule has 5 heteroatoms. The number of para-hydroxylation sites is 1. The molecule has 1 atom stereocenters. The molecule has 0 aliphatic carbocycles. The van der Waals surface area contributed by atoms with Crippen molar-refractivity contribution >= 4 is 5.96 Å². The summed E-state index contributed by atoms with van der Waals surface area (Å²) in [5, 5.41) is 3.29. The first kappa shape index (κ1) is 15.2. The summed E-state index contributed by atoms with van der Waals surface area (Å²) in [6.45, 7) is 1.22. The molecule has 5 nitrogen and oxygen atoms in total. The molecule has 0 aromatic heterocycles. The van der Waals surface area contributed by atoms with E-state index in [0.29, 0.717) is 19.1 Å². The Hall–Kier alpha value is -2.69. The molecular weight excluding hydrogens is 290 g/mol. The Kier molecular flexibility index (Phi) is 4.66. The molecule has 0 saturated carbocycles. The predicted molar refractivity (Wildman–Crippen MR) is 90.8 cm³/mol. The second-order valence-electron chi connectivity index (χ2n) is 5.42. The molecule has 23 heavy (non-hydrogen) atoms. The lowest BCUT2D eigenvalue weighted by Gasteiger charge is -2.26. The average Bonchev–Trinajstić information content (AvgIpc) is 2.61. The smallest absolute Gasteiger partial charge is 0.189 e. The van der Waals surface area contributed by atoms with Crippen LogP contribution in [-0.2, 0) is 6.54 Å². The fraction of sp³-hybridized carbons (Fsp3) is 0.278. The van der Waals surface area contributed by atoms with Crippen LogP contribution in [0.15, 0.2) is 53.5 Å². The Labute approximate surface area is 136 Å². The minimum atomic E-state index is 0.138. The lowest BCUT2D eigenvalue weighted by Crippen LogP contribution is -2.37. The van der Waals surface area contributed by atoms with E-state index in [0.717, 1.165) is 29.0 Å². The number of benzene rings is 2. The van der Waals surface area contributed by atoms with Gasteiger partial charge in [-0.2, -0.15) is 0 Å². The second-order valence-corrected chi connectivity index (χ2v) is 5.42. The van der Waals surface area contributed by atoms with Crippen LogP contribution in [0.2, 0.25) is 0 Å². The van der Waals surface area contributed by atoms with Gasteiger partial charge < -0.3 is 20.5 Å². The van der Waals surface area contributed by atoms with Gasteiger partial charge in [0.2, 0.25) is 0 Å². The lowest BCUT2D eigenvalue weighted by molar-refractivity contribution is 0.262. The van der Waals surface area contributed by atoms with Crippen molar-refractivity contribution in [1.82, 2.24) is 5.32 Å². The number of guanidine groups is 1. The summed E-state index contributed by atoms with van der Waals surface area (Å²) in [5.74, 6) is 2.20. The molecule has 2 aromatic rings. The average molecular weight is 311 g/mol. The van der Waals surface area contributed by atoms with E-state index in [1.807, 2.05) is 42.5 Å². The van der Waals surface area contributed by atoms with E-state index in [9.17, 15) is 0 Å². The minimum absolute atomic E-state index is 0.138. The molecule has 3 rings (SSSR count). The highest BCUT2D eigenvalue weighted by Gasteiger charge is 2.21. The third-order valence-electron chi connectivity index (χ3n) is 3.87. The minimum Gasteiger partial charge on any atom is -0.497 e. The van der Waals surface area contributed by atoms with Gasteiger partial charge in [-0.1, -0.05) is 30.3 Å². The number of fused-ring (bicyclic) bond motifs is 1. The van der Waals surface area contributed by atoms with Crippen LogP contribution in [0.25, 0.3) is 0 Å². The Morgan fingerprint density at radius 2 is 2.04 bits per heavy atom. The van der Waals surface area contributed by atoms with Gasteiger partial charge in [0.25, 0.3) is 0 Å². The van der Waals surface area contributed by atoms with E-state index in [1.54, 1.807) is 7.11 Å². The van der Waals surface area contributed by atoms with Crippen molar-refractivity contribution < 1.29 is 9.47 Å². The maximum absolute atomic E-state index is 6.04. The fourth-order valence-electron chi connectivity index (χ4n) is 2.62. The number of nitrogens with two attached hydrogens (primary N) is 1. The summed E-state index contributed by atoms with van der Waals surface area (Å²) in [6, 6.07) is 16.0. The van der Waals surface area contributed by atoms with Crippen molar-refractivity contribution in [1.29, 1.82) is 0 Å². The van der Waals surface area contributed by atoms with Gasteiger partial charge in [0.15, 0.2) is 5.96 Å². The summed E-state index contributed by atoms with van der Waals surface area (Å²) in [5.41, 5.74) is 8.25. The molecule has 1 aliphatic heterocycles. The van der Waals surface area contributed by atoms with Crippen LogP contribution in [0.5, 0.6) is 11.5 Å². The van der Waals surface area contributed by atoms with Gasteiger partial charge in [-0.25, -0.2) is 4.99 Å². The Bertz CT molecular complexity index is 683. The van der Waals surface area contributed by atoms with Gasteiger partial charge >= 0.3 is 0 Å². The summed E-state index contributed by atoms with van der Waals surface area (Å²) in [7, 11) is 1.65. The van der Waals surface area contributed by atoms with E-state index in [4.69, 9.17) is 15.2 Å². The molecule has 0 radical (unpaired) electrons. The Morgan fingerprint density at radius 3 is 2.83 bits per heavy atom. The molecule has 0 fully saturated rings. The number of nitrogens with one attached hydrogen (secondary N) is 1. The summed E-state index contributed by atoms with van der Waals surface area (Å²) in [6.07, 6.45) is 0.871. The van der Waals surface area contributed by atoms with Crippen LogP contribution >= 0.6 is 0 Å². The van der Waals surface area contributed by atoms with Gasteiger partial charge in [-0.05, 0) is 23.8 Å². The van der Waals surface area contributed by atoms with Gasteiger partial charge in [0, 0.05) is 12.0 Å². The van der Waals surface area contributed by atoms with E-state index < -0.39 is 0 Å².